The number of nitrogens with zero attached hydrogens (tertiary/aromatic N) is 2. The Balaban J connectivity index is 1.37. The van der Waals surface area contributed by atoms with Gasteiger partial charge in [-0.2, -0.15) is 0 Å². The van der Waals surface area contributed by atoms with Crippen LogP contribution in [-0.4, -0.2) is 23.9 Å². The summed E-state index contributed by atoms with van der Waals surface area (Å²) >= 11 is 8.05. The van der Waals surface area contributed by atoms with Crippen LogP contribution in [0, 0.1) is 11.8 Å². The topological polar surface area (TPSA) is 6.48 Å². The first kappa shape index (κ1) is 24.3. The second-order valence-electron chi connectivity index (χ2n) is 11.1. The molecule has 2 heterocycles. The van der Waals surface area contributed by atoms with Crippen LogP contribution in [0.1, 0.15) is 54.4 Å². The molecule has 0 fully saturated rings. The van der Waals surface area contributed by atoms with Gasteiger partial charge in [0.05, 0.1) is 11.8 Å². The van der Waals surface area contributed by atoms with E-state index in [1.807, 2.05) is 0 Å². The van der Waals surface area contributed by atoms with E-state index in [4.69, 9.17) is 0 Å². The maximum atomic E-state index is 4.03. The zero-order chi connectivity index (χ0) is 25.8. The first-order chi connectivity index (χ1) is 17.0. The molecular formula is C32H34Br2N2. The molecule has 36 heavy (non-hydrogen) atoms. The van der Waals surface area contributed by atoms with Crippen molar-refractivity contribution in [3.63, 3.8) is 0 Å². The zero-order valence-electron chi connectivity index (χ0n) is 22.5. The SMILES string of the molecule is CC1=CC2=C(Br)C3C(=CC2=C1CCC1=C2C=C4C(C(C)=C(C)N4C)C(Br)=C2C=C1C)N(C)C(C)=C3C. The van der Waals surface area contributed by atoms with Crippen LogP contribution in [-0.2, 0) is 0 Å². The summed E-state index contributed by atoms with van der Waals surface area (Å²) in [5.41, 5.74) is 19.8. The second kappa shape index (κ2) is 8.23. The van der Waals surface area contributed by atoms with E-state index in [1.54, 1.807) is 0 Å². The average Bonchev–Trinajstić information content (AvgIpc) is 3.47. The maximum absolute atomic E-state index is 4.03. The van der Waals surface area contributed by atoms with Crippen molar-refractivity contribution in [2.24, 2.45) is 11.8 Å². The molecule has 186 valence electrons. The first-order valence-electron chi connectivity index (χ1n) is 12.9. The third-order valence-corrected chi connectivity index (χ3v) is 11.3. The molecule has 0 saturated heterocycles. The van der Waals surface area contributed by atoms with Gasteiger partial charge in [-0.05, 0) is 122 Å². The summed E-state index contributed by atoms with van der Waals surface area (Å²) < 4.78 is 2.65. The van der Waals surface area contributed by atoms with Gasteiger partial charge in [-0.3, -0.25) is 0 Å². The standard InChI is InChI=1S/C32H34Br2N2/c1-15-11-25-23(13-27-29(31(25)33)17(3)19(5)35(27)7)21(15)9-10-22-16(2)12-26-24(22)14-28-30(32(26)34)18(4)20(6)36(28)8/h11-14,29-30H,9-10H2,1-8H3. The van der Waals surface area contributed by atoms with Gasteiger partial charge in [0.1, 0.15) is 0 Å². The number of fused-ring (bicyclic) bond motifs is 4. The maximum Gasteiger partial charge on any atom is 0.0541 e. The minimum atomic E-state index is 0.359. The Morgan fingerprint density at radius 2 is 0.944 bits per heavy atom. The van der Waals surface area contributed by atoms with Crippen molar-refractivity contribution in [1.29, 1.82) is 0 Å². The molecule has 2 aliphatic heterocycles. The van der Waals surface area contributed by atoms with Crippen molar-refractivity contribution in [1.82, 2.24) is 9.80 Å². The molecule has 6 rings (SSSR count). The fraction of sp³-hybridized carbons (Fsp3) is 0.375. The van der Waals surface area contributed by atoms with Gasteiger partial charge in [-0.15, -0.1) is 0 Å². The van der Waals surface area contributed by atoms with Crippen LogP contribution in [0.3, 0.4) is 0 Å². The van der Waals surface area contributed by atoms with Crippen LogP contribution in [0.5, 0.6) is 0 Å². The minimum Gasteiger partial charge on any atom is -0.351 e. The molecule has 4 heteroatoms. The summed E-state index contributed by atoms with van der Waals surface area (Å²) in [7, 11) is 4.41. The van der Waals surface area contributed by atoms with Crippen LogP contribution in [0.15, 0.2) is 112 Å². The van der Waals surface area contributed by atoms with Crippen molar-refractivity contribution < 1.29 is 0 Å². The van der Waals surface area contributed by atoms with E-state index < -0.39 is 0 Å². The minimum absolute atomic E-state index is 0.359. The molecule has 0 aromatic heterocycles. The Hall–Kier alpha value is -2.04. The lowest BCUT2D eigenvalue weighted by molar-refractivity contribution is 0.521. The number of halogens is 2. The summed E-state index contributed by atoms with van der Waals surface area (Å²) in [4.78, 5) is 4.75. The predicted molar refractivity (Wildman–Crippen MR) is 158 cm³/mol. The molecule has 0 saturated carbocycles. The first-order valence-corrected chi connectivity index (χ1v) is 14.5. The van der Waals surface area contributed by atoms with Gasteiger partial charge >= 0.3 is 0 Å². The molecule has 6 aliphatic rings. The fourth-order valence-corrected chi connectivity index (χ4v) is 8.74. The van der Waals surface area contributed by atoms with Crippen molar-refractivity contribution in [2.45, 2.75) is 54.4 Å². The lowest BCUT2D eigenvalue weighted by atomic mass is 9.85. The molecule has 0 spiro atoms. The molecule has 2 nitrogen and oxygen atoms in total. The van der Waals surface area contributed by atoms with Crippen molar-refractivity contribution >= 4 is 31.9 Å². The molecule has 4 aliphatic carbocycles. The number of hydrogen-bond donors (Lipinski definition) is 0. The summed E-state index contributed by atoms with van der Waals surface area (Å²) in [6, 6.07) is 0. The van der Waals surface area contributed by atoms with E-state index in [0.717, 1.165) is 12.8 Å². The van der Waals surface area contributed by atoms with Gasteiger partial charge in [-0.1, -0.05) is 44.0 Å². The second-order valence-corrected chi connectivity index (χ2v) is 12.8. The lowest BCUT2D eigenvalue weighted by Gasteiger charge is -2.27. The van der Waals surface area contributed by atoms with E-state index in [1.165, 1.54) is 87.5 Å². The number of hydrogen-bond acceptors (Lipinski definition) is 2. The molecule has 2 atom stereocenters. The highest BCUT2D eigenvalue weighted by Gasteiger charge is 2.39. The van der Waals surface area contributed by atoms with Gasteiger partial charge in [0, 0.05) is 45.8 Å². The van der Waals surface area contributed by atoms with Gasteiger partial charge in [0.2, 0.25) is 0 Å². The van der Waals surface area contributed by atoms with Crippen molar-refractivity contribution in [3.8, 4) is 0 Å². The Labute approximate surface area is 232 Å². The van der Waals surface area contributed by atoms with Crippen LogP contribution in [0.4, 0.5) is 0 Å². The summed E-state index contributed by atoms with van der Waals surface area (Å²) in [5, 5.41) is 0. The van der Waals surface area contributed by atoms with Gasteiger partial charge in [0.15, 0.2) is 0 Å². The van der Waals surface area contributed by atoms with Gasteiger partial charge in [-0.25, -0.2) is 0 Å². The molecule has 0 aromatic rings. The Bertz CT molecular complexity index is 1360. The highest BCUT2D eigenvalue weighted by molar-refractivity contribution is 9.12. The number of rotatable bonds is 3. The largest absolute Gasteiger partial charge is 0.351 e. The summed E-state index contributed by atoms with van der Waals surface area (Å²) in [5.74, 6) is 0.718. The molecule has 2 unspecified atom stereocenters. The quantitative estimate of drug-likeness (QED) is 0.316. The Kier molecular flexibility index (Phi) is 5.56. The van der Waals surface area contributed by atoms with E-state index in [-0.39, 0.29) is 0 Å². The molecule has 0 N–H and O–H groups in total. The van der Waals surface area contributed by atoms with Gasteiger partial charge < -0.3 is 9.80 Å². The van der Waals surface area contributed by atoms with Crippen LogP contribution >= 0.6 is 31.9 Å². The number of allylic oxidation sites excluding steroid dienone is 16. The highest BCUT2D eigenvalue weighted by atomic mass is 79.9. The van der Waals surface area contributed by atoms with E-state index >= 15 is 0 Å². The smallest absolute Gasteiger partial charge is 0.0541 e. The normalized spacial score (nSPS) is 27.3. The van der Waals surface area contributed by atoms with Crippen molar-refractivity contribution in [3.05, 3.63) is 112 Å². The Morgan fingerprint density at radius 3 is 1.31 bits per heavy atom. The van der Waals surface area contributed by atoms with Crippen molar-refractivity contribution in [2.75, 3.05) is 14.1 Å². The summed E-state index contributed by atoms with van der Waals surface area (Å²) in [6.45, 7) is 13.6. The molecule has 0 bridgehead atoms. The molecular weight excluding hydrogens is 572 g/mol. The van der Waals surface area contributed by atoms with E-state index in [9.17, 15) is 0 Å². The van der Waals surface area contributed by atoms with Crippen LogP contribution < -0.4 is 0 Å². The fourth-order valence-electron chi connectivity index (χ4n) is 6.92. The zero-order valence-corrected chi connectivity index (χ0v) is 25.7. The summed E-state index contributed by atoms with van der Waals surface area (Å²) in [6.07, 6.45) is 11.8. The monoisotopic (exact) mass is 604 g/mol. The van der Waals surface area contributed by atoms with Crippen LogP contribution in [0.2, 0.25) is 0 Å². The highest BCUT2D eigenvalue weighted by Crippen LogP contribution is 2.54. The molecule has 0 amide bonds. The van der Waals surface area contributed by atoms with Gasteiger partial charge in [0.25, 0.3) is 0 Å². The molecule has 0 aromatic carbocycles. The lowest BCUT2D eigenvalue weighted by Crippen LogP contribution is -2.17. The predicted octanol–water partition coefficient (Wildman–Crippen LogP) is 9.08. The van der Waals surface area contributed by atoms with E-state index in [2.05, 4.69) is 122 Å². The average molecular weight is 606 g/mol. The van der Waals surface area contributed by atoms with Crippen LogP contribution in [0.25, 0.3) is 0 Å². The Morgan fingerprint density at radius 1 is 0.583 bits per heavy atom. The molecule has 0 radical (unpaired) electrons. The van der Waals surface area contributed by atoms with E-state index in [0.29, 0.717) is 11.8 Å². The third kappa shape index (κ3) is 3.13. The third-order valence-electron chi connectivity index (χ3n) is 9.51.